The van der Waals surface area contributed by atoms with Crippen LogP contribution in [-0.2, 0) is 36.7 Å². The van der Waals surface area contributed by atoms with Crippen LogP contribution in [0.3, 0.4) is 0 Å². The van der Waals surface area contributed by atoms with E-state index >= 15 is 0 Å². The van der Waals surface area contributed by atoms with Gasteiger partial charge in [0.15, 0.2) is 35.1 Å². The molecular weight excluding hydrogens is 634 g/mol. The van der Waals surface area contributed by atoms with Crippen molar-refractivity contribution >= 4 is 49.7 Å². The van der Waals surface area contributed by atoms with Gasteiger partial charge in [-0.1, -0.05) is 0 Å². The number of fused-ring (bicyclic) bond motifs is 5. The third-order valence-electron chi connectivity index (χ3n) is 7.19. The zero-order valence-corrected chi connectivity index (χ0v) is 23.9. The number of aromatic nitrogens is 8. The van der Waals surface area contributed by atoms with E-state index in [0.29, 0.717) is 0 Å². The lowest BCUT2D eigenvalue weighted by atomic mass is 10.1. The largest absolute Gasteiger partial charge is 0.472 e. The van der Waals surface area contributed by atoms with E-state index in [2.05, 4.69) is 29.9 Å². The van der Waals surface area contributed by atoms with Crippen LogP contribution in [0.25, 0.3) is 22.3 Å². The SMILES string of the molecule is Nc1nc2c(ncn2[C@@H]2O[C@@H]3COP(=O)(O)OC4[C@@H](COP(=O)(O)O[C@H]2C3)O[C@@H](n2cnc3c(N)ncnc32)[C@H]4O)c(=O)[nH]1. The van der Waals surface area contributed by atoms with Crippen molar-refractivity contribution < 1.29 is 51.6 Å². The summed E-state index contributed by atoms with van der Waals surface area (Å²) in [4.78, 5) is 56.0. The van der Waals surface area contributed by atoms with Gasteiger partial charge in [0.2, 0.25) is 5.95 Å². The maximum absolute atomic E-state index is 13.2. The van der Waals surface area contributed by atoms with Gasteiger partial charge in [-0.15, -0.1) is 0 Å². The van der Waals surface area contributed by atoms with Crippen molar-refractivity contribution in [1.82, 2.24) is 39.0 Å². The minimum absolute atomic E-state index is 0.0151. The molecule has 22 nitrogen and oxygen atoms in total. The van der Waals surface area contributed by atoms with E-state index in [1.807, 2.05) is 0 Å². The number of hydrogen-bond donors (Lipinski definition) is 6. The molecule has 3 saturated heterocycles. The summed E-state index contributed by atoms with van der Waals surface area (Å²) in [5.41, 5.74) is 11.1. The Morgan fingerprint density at radius 2 is 1.59 bits per heavy atom. The van der Waals surface area contributed by atoms with Crippen LogP contribution < -0.4 is 17.0 Å². The first-order valence-electron chi connectivity index (χ1n) is 12.8. The van der Waals surface area contributed by atoms with Crippen molar-refractivity contribution in [3.63, 3.8) is 0 Å². The molecule has 0 saturated carbocycles. The predicted octanol–water partition coefficient (Wildman–Crippen LogP) is -1.31. The third kappa shape index (κ3) is 5.18. The van der Waals surface area contributed by atoms with Crippen molar-refractivity contribution in [2.24, 2.45) is 0 Å². The van der Waals surface area contributed by atoms with Crippen LogP contribution in [0.2, 0.25) is 0 Å². The molecule has 44 heavy (non-hydrogen) atoms. The average Bonchev–Trinajstić information content (AvgIpc) is 3.72. The van der Waals surface area contributed by atoms with Crippen LogP contribution in [0.4, 0.5) is 11.8 Å². The minimum Gasteiger partial charge on any atom is -0.386 e. The summed E-state index contributed by atoms with van der Waals surface area (Å²) in [5.74, 6) is -0.164. The van der Waals surface area contributed by atoms with Crippen molar-refractivity contribution in [1.29, 1.82) is 0 Å². The Bertz CT molecular complexity index is 1900. The van der Waals surface area contributed by atoms with E-state index in [-0.39, 0.29) is 40.5 Å². The van der Waals surface area contributed by atoms with Gasteiger partial charge in [-0.05, 0) is 0 Å². The van der Waals surface area contributed by atoms with E-state index in [0.717, 1.165) is 0 Å². The van der Waals surface area contributed by atoms with Crippen LogP contribution >= 0.6 is 15.6 Å². The molecule has 4 aromatic rings. The summed E-state index contributed by atoms with van der Waals surface area (Å²) in [6.07, 6.45) is -5.96. The lowest BCUT2D eigenvalue weighted by Gasteiger charge is -2.25. The van der Waals surface area contributed by atoms with E-state index in [1.54, 1.807) is 0 Å². The molecule has 0 aliphatic carbocycles. The first-order valence-corrected chi connectivity index (χ1v) is 15.8. The molecule has 7 heterocycles. The first kappa shape index (κ1) is 29.3. The summed E-state index contributed by atoms with van der Waals surface area (Å²) in [6.45, 7) is -1.30. The van der Waals surface area contributed by atoms with E-state index in [9.17, 15) is 28.8 Å². The number of rotatable bonds is 2. The van der Waals surface area contributed by atoms with Gasteiger partial charge in [0.25, 0.3) is 5.56 Å². The maximum atomic E-state index is 13.2. The van der Waals surface area contributed by atoms with Gasteiger partial charge < -0.3 is 35.8 Å². The van der Waals surface area contributed by atoms with Gasteiger partial charge in [0, 0.05) is 6.42 Å². The highest BCUT2D eigenvalue weighted by Gasteiger charge is 2.51. The Labute approximate surface area is 244 Å². The molecule has 3 fully saturated rings. The molecule has 3 unspecified atom stereocenters. The molecule has 0 radical (unpaired) electrons. The van der Waals surface area contributed by atoms with Gasteiger partial charge in [-0.3, -0.25) is 37.0 Å². The smallest absolute Gasteiger partial charge is 0.386 e. The normalized spacial score (nSPS) is 36.6. The molecule has 236 valence electrons. The van der Waals surface area contributed by atoms with Gasteiger partial charge in [0.05, 0.1) is 32.0 Å². The molecule has 3 aliphatic rings. The number of hydrogen-bond acceptors (Lipinski definition) is 17. The Balaban J connectivity index is 1.19. The summed E-state index contributed by atoms with van der Waals surface area (Å²) < 4.78 is 61.7. The lowest BCUT2D eigenvalue weighted by Crippen LogP contribution is -2.36. The number of imidazole rings is 2. The van der Waals surface area contributed by atoms with Crippen LogP contribution in [0.15, 0.2) is 23.8 Å². The molecule has 0 spiro atoms. The molecular formula is C20H24N10O12P2. The topological polar surface area (TPSA) is 309 Å². The molecule has 7 rings (SSSR count). The quantitative estimate of drug-likeness (QED) is 0.136. The molecule has 4 aromatic heterocycles. The molecule has 2 bridgehead atoms. The fraction of sp³-hybridized carbons (Fsp3) is 0.500. The second kappa shape index (κ2) is 10.6. The number of aliphatic hydroxyl groups excluding tert-OH is 1. The van der Waals surface area contributed by atoms with Crippen molar-refractivity contribution in [2.75, 3.05) is 24.7 Å². The number of nitrogens with two attached hydrogens (primary N) is 2. The van der Waals surface area contributed by atoms with Crippen molar-refractivity contribution in [3.8, 4) is 0 Å². The molecule has 0 aromatic carbocycles. The number of H-pyrrole nitrogens is 1. The highest BCUT2D eigenvalue weighted by atomic mass is 31.2. The summed E-state index contributed by atoms with van der Waals surface area (Å²) in [6, 6.07) is 0. The third-order valence-corrected chi connectivity index (χ3v) is 9.19. The van der Waals surface area contributed by atoms with Gasteiger partial charge in [-0.2, -0.15) is 4.98 Å². The van der Waals surface area contributed by atoms with E-state index in [1.165, 1.54) is 28.1 Å². The van der Waals surface area contributed by atoms with Crippen molar-refractivity contribution in [2.45, 2.75) is 49.4 Å². The summed E-state index contributed by atoms with van der Waals surface area (Å²) >= 11 is 0. The molecule has 24 heteroatoms. The van der Waals surface area contributed by atoms with E-state index in [4.69, 9.17) is 39.0 Å². The molecule has 9 atom stereocenters. The Kier molecular flexibility index (Phi) is 7.06. The number of nitrogen functional groups attached to an aromatic ring is 2. The average molecular weight is 658 g/mol. The number of aromatic amines is 1. The number of nitrogens with zero attached hydrogens (tertiary/aromatic N) is 7. The Morgan fingerprint density at radius 3 is 2.39 bits per heavy atom. The number of phosphoric acid groups is 2. The predicted molar refractivity (Wildman–Crippen MR) is 142 cm³/mol. The van der Waals surface area contributed by atoms with Crippen LogP contribution in [-0.4, -0.2) is 97.7 Å². The zero-order valence-electron chi connectivity index (χ0n) is 22.1. The summed E-state index contributed by atoms with van der Waals surface area (Å²) in [5, 5.41) is 11.1. The van der Waals surface area contributed by atoms with Crippen LogP contribution in [0.5, 0.6) is 0 Å². The minimum atomic E-state index is -4.93. The fourth-order valence-electron chi connectivity index (χ4n) is 5.29. The Morgan fingerprint density at radius 1 is 0.886 bits per heavy atom. The number of aliphatic hydroxyl groups is 1. The number of ether oxygens (including phenoxy) is 2. The standard InChI is InChI=1S/C20H24N10O12P2/c21-14-10-15(24-4-23-14)29(5-25-10)19-12(31)13-9(40-19)3-38-43(33,34)41-8-1-7(2-37-44(35,36)42-13)39-18(8)30-6-26-11-16(30)27-20(22)28-17(11)32/h4-9,12-13,18-19,31H,1-3H2,(H,33,34)(H,35,36)(H2,21,23,24)(H3,22,27,28,32)/t7-,8-,9+,12-,13?,18+,19+/m0/s1. The number of anilines is 2. The second-order valence-electron chi connectivity index (χ2n) is 10.0. The molecule has 8 N–H and O–H groups in total. The molecule has 3 aliphatic heterocycles. The fourth-order valence-corrected chi connectivity index (χ4v) is 7.21. The summed E-state index contributed by atoms with van der Waals surface area (Å²) in [7, 11) is -9.84. The lowest BCUT2D eigenvalue weighted by molar-refractivity contribution is -0.0670. The Hall–Kier alpha value is -3.40. The zero-order chi connectivity index (χ0) is 31.0. The van der Waals surface area contributed by atoms with Gasteiger partial charge in [0.1, 0.15) is 36.3 Å². The highest BCUT2D eigenvalue weighted by molar-refractivity contribution is 7.47. The van der Waals surface area contributed by atoms with E-state index < -0.39 is 77.4 Å². The number of nitrogens with one attached hydrogen (secondary N) is 1. The maximum Gasteiger partial charge on any atom is 0.472 e. The van der Waals surface area contributed by atoms with Gasteiger partial charge >= 0.3 is 15.6 Å². The van der Waals surface area contributed by atoms with Gasteiger partial charge in [-0.25, -0.2) is 29.1 Å². The van der Waals surface area contributed by atoms with Crippen LogP contribution in [0.1, 0.15) is 18.9 Å². The van der Waals surface area contributed by atoms with Crippen LogP contribution in [0, 0.1) is 0 Å². The van der Waals surface area contributed by atoms with Crippen molar-refractivity contribution in [3.05, 3.63) is 29.3 Å². The number of phosphoric ester groups is 2. The first-order chi connectivity index (χ1) is 20.9. The second-order valence-corrected chi connectivity index (χ2v) is 12.9. The highest BCUT2D eigenvalue weighted by Crippen LogP contribution is 2.53. The monoisotopic (exact) mass is 658 g/mol. The molecule has 0 amide bonds.